The molecule has 0 aliphatic heterocycles. The fraction of sp³-hybridized carbons (Fsp3) is 0.643. The Morgan fingerprint density at radius 2 is 2.12 bits per heavy atom. The average Bonchev–Trinajstić information content (AvgIpc) is 2.26. The first-order valence-corrected chi connectivity index (χ1v) is 6.27. The molecule has 0 aliphatic rings. The van der Waals surface area contributed by atoms with E-state index in [4.69, 9.17) is 4.74 Å². The standard InChI is InChI=1S/C14H24N2O/c1-6-11(2)17-13-10-15-8-7-12(13)9-16-14(3,4)5/h7-8,10-11,16H,6,9H2,1-5H3. The molecule has 0 amide bonds. The van der Waals surface area contributed by atoms with Gasteiger partial charge in [-0.05, 0) is 40.2 Å². The largest absolute Gasteiger partial charge is 0.489 e. The van der Waals surface area contributed by atoms with Gasteiger partial charge in [-0.15, -0.1) is 0 Å². The number of pyridine rings is 1. The van der Waals surface area contributed by atoms with Gasteiger partial charge in [-0.25, -0.2) is 0 Å². The summed E-state index contributed by atoms with van der Waals surface area (Å²) in [6.07, 6.45) is 4.84. The van der Waals surface area contributed by atoms with Crippen molar-refractivity contribution in [1.82, 2.24) is 10.3 Å². The molecule has 1 unspecified atom stereocenters. The van der Waals surface area contributed by atoms with Gasteiger partial charge in [0, 0.05) is 23.8 Å². The van der Waals surface area contributed by atoms with Gasteiger partial charge >= 0.3 is 0 Å². The van der Waals surface area contributed by atoms with Crippen molar-refractivity contribution >= 4 is 0 Å². The Bertz CT molecular complexity index is 344. The number of hydrogen-bond acceptors (Lipinski definition) is 3. The molecular weight excluding hydrogens is 212 g/mol. The third kappa shape index (κ3) is 5.18. The maximum absolute atomic E-state index is 5.86. The van der Waals surface area contributed by atoms with Crippen LogP contribution in [-0.2, 0) is 6.54 Å². The summed E-state index contributed by atoms with van der Waals surface area (Å²) in [4.78, 5) is 4.12. The summed E-state index contributed by atoms with van der Waals surface area (Å²) in [5.74, 6) is 0.888. The smallest absolute Gasteiger partial charge is 0.142 e. The van der Waals surface area contributed by atoms with Crippen LogP contribution >= 0.6 is 0 Å². The molecule has 1 N–H and O–H groups in total. The second-order valence-electron chi connectivity index (χ2n) is 5.42. The SMILES string of the molecule is CCC(C)Oc1cnccc1CNC(C)(C)C. The van der Waals surface area contributed by atoms with Crippen molar-refractivity contribution in [3.05, 3.63) is 24.0 Å². The molecule has 0 aliphatic carbocycles. The Kier molecular flexibility index (Phi) is 4.94. The van der Waals surface area contributed by atoms with Gasteiger partial charge in [0.1, 0.15) is 5.75 Å². The van der Waals surface area contributed by atoms with Gasteiger partial charge in [0.15, 0.2) is 0 Å². The van der Waals surface area contributed by atoms with E-state index in [1.807, 2.05) is 12.3 Å². The molecule has 1 heterocycles. The van der Waals surface area contributed by atoms with Gasteiger partial charge in [0.25, 0.3) is 0 Å². The lowest BCUT2D eigenvalue weighted by Crippen LogP contribution is -2.35. The number of nitrogens with zero attached hydrogens (tertiary/aromatic N) is 1. The fourth-order valence-electron chi connectivity index (χ4n) is 1.32. The van der Waals surface area contributed by atoms with Crippen LogP contribution in [0.2, 0.25) is 0 Å². The average molecular weight is 236 g/mol. The first kappa shape index (κ1) is 14.0. The Labute approximate surface area is 105 Å². The van der Waals surface area contributed by atoms with Crippen molar-refractivity contribution in [2.24, 2.45) is 0 Å². The zero-order valence-electron chi connectivity index (χ0n) is 11.6. The molecular formula is C14H24N2O. The third-order valence-corrected chi connectivity index (χ3v) is 2.58. The normalized spacial score (nSPS) is 13.5. The van der Waals surface area contributed by atoms with Crippen LogP contribution in [0.1, 0.15) is 46.6 Å². The lowest BCUT2D eigenvalue weighted by molar-refractivity contribution is 0.213. The minimum Gasteiger partial charge on any atom is -0.489 e. The first-order chi connectivity index (χ1) is 7.92. The maximum atomic E-state index is 5.86. The van der Waals surface area contributed by atoms with Gasteiger partial charge in [-0.1, -0.05) is 6.92 Å². The first-order valence-electron chi connectivity index (χ1n) is 6.27. The molecule has 0 radical (unpaired) electrons. The lowest BCUT2D eigenvalue weighted by Gasteiger charge is -2.22. The van der Waals surface area contributed by atoms with Gasteiger partial charge in [-0.3, -0.25) is 4.98 Å². The van der Waals surface area contributed by atoms with E-state index in [1.165, 1.54) is 0 Å². The van der Waals surface area contributed by atoms with Crippen LogP contribution in [0.25, 0.3) is 0 Å². The molecule has 96 valence electrons. The van der Waals surface area contributed by atoms with E-state index in [2.05, 4.69) is 44.9 Å². The summed E-state index contributed by atoms with van der Waals surface area (Å²) in [6.45, 7) is 11.5. The molecule has 1 aromatic rings. The fourth-order valence-corrected chi connectivity index (χ4v) is 1.32. The van der Waals surface area contributed by atoms with Crippen LogP contribution in [0.4, 0.5) is 0 Å². The zero-order valence-corrected chi connectivity index (χ0v) is 11.6. The van der Waals surface area contributed by atoms with Crippen LogP contribution in [-0.4, -0.2) is 16.6 Å². The molecule has 0 fully saturated rings. The molecule has 3 heteroatoms. The van der Waals surface area contributed by atoms with E-state index in [0.717, 1.165) is 24.3 Å². The predicted octanol–water partition coefficient (Wildman–Crippen LogP) is 3.15. The summed E-state index contributed by atoms with van der Waals surface area (Å²) in [5.41, 5.74) is 1.27. The molecule has 1 aromatic heterocycles. The summed E-state index contributed by atoms with van der Waals surface area (Å²) < 4.78 is 5.86. The summed E-state index contributed by atoms with van der Waals surface area (Å²) >= 11 is 0. The number of ether oxygens (including phenoxy) is 1. The summed E-state index contributed by atoms with van der Waals surface area (Å²) in [6, 6.07) is 2.01. The van der Waals surface area contributed by atoms with Gasteiger partial charge in [-0.2, -0.15) is 0 Å². The van der Waals surface area contributed by atoms with Crippen molar-refractivity contribution in [2.45, 2.75) is 59.2 Å². The van der Waals surface area contributed by atoms with E-state index >= 15 is 0 Å². The highest BCUT2D eigenvalue weighted by Crippen LogP contribution is 2.19. The zero-order chi connectivity index (χ0) is 12.9. The van der Waals surface area contributed by atoms with E-state index < -0.39 is 0 Å². The molecule has 0 aromatic carbocycles. The second kappa shape index (κ2) is 6.01. The Morgan fingerprint density at radius 1 is 1.41 bits per heavy atom. The van der Waals surface area contributed by atoms with Crippen molar-refractivity contribution in [3.63, 3.8) is 0 Å². The molecule has 1 atom stereocenters. The summed E-state index contributed by atoms with van der Waals surface area (Å²) in [5, 5.41) is 3.46. The predicted molar refractivity (Wildman–Crippen MR) is 71.2 cm³/mol. The van der Waals surface area contributed by atoms with Crippen LogP contribution in [0.5, 0.6) is 5.75 Å². The van der Waals surface area contributed by atoms with E-state index in [0.29, 0.717) is 0 Å². The van der Waals surface area contributed by atoms with E-state index in [-0.39, 0.29) is 11.6 Å². The van der Waals surface area contributed by atoms with Crippen molar-refractivity contribution in [3.8, 4) is 5.75 Å². The van der Waals surface area contributed by atoms with Crippen LogP contribution in [0.15, 0.2) is 18.5 Å². The minimum absolute atomic E-state index is 0.108. The highest BCUT2D eigenvalue weighted by atomic mass is 16.5. The molecule has 0 saturated carbocycles. The molecule has 0 saturated heterocycles. The van der Waals surface area contributed by atoms with Crippen molar-refractivity contribution in [1.29, 1.82) is 0 Å². The van der Waals surface area contributed by atoms with Gasteiger partial charge in [0.2, 0.25) is 0 Å². The highest BCUT2D eigenvalue weighted by molar-refractivity contribution is 5.30. The van der Waals surface area contributed by atoms with Crippen molar-refractivity contribution in [2.75, 3.05) is 0 Å². The van der Waals surface area contributed by atoms with Gasteiger partial charge < -0.3 is 10.1 Å². The Morgan fingerprint density at radius 3 is 2.71 bits per heavy atom. The van der Waals surface area contributed by atoms with Gasteiger partial charge in [0.05, 0.1) is 12.3 Å². The topological polar surface area (TPSA) is 34.1 Å². The maximum Gasteiger partial charge on any atom is 0.142 e. The number of nitrogens with one attached hydrogen (secondary N) is 1. The molecule has 0 spiro atoms. The van der Waals surface area contributed by atoms with Crippen LogP contribution < -0.4 is 10.1 Å². The monoisotopic (exact) mass is 236 g/mol. The number of hydrogen-bond donors (Lipinski definition) is 1. The molecule has 17 heavy (non-hydrogen) atoms. The third-order valence-electron chi connectivity index (χ3n) is 2.58. The van der Waals surface area contributed by atoms with E-state index in [1.54, 1.807) is 6.20 Å². The van der Waals surface area contributed by atoms with Crippen LogP contribution in [0, 0.1) is 0 Å². The quantitative estimate of drug-likeness (QED) is 0.852. The molecule has 1 rings (SSSR count). The number of aromatic nitrogens is 1. The van der Waals surface area contributed by atoms with E-state index in [9.17, 15) is 0 Å². The lowest BCUT2D eigenvalue weighted by atomic mass is 10.1. The Hall–Kier alpha value is -1.09. The van der Waals surface area contributed by atoms with Crippen LogP contribution in [0.3, 0.4) is 0 Å². The second-order valence-corrected chi connectivity index (χ2v) is 5.42. The molecule has 3 nitrogen and oxygen atoms in total. The number of rotatable bonds is 5. The summed E-state index contributed by atoms with van der Waals surface area (Å²) in [7, 11) is 0. The Balaban J connectivity index is 2.70. The highest BCUT2D eigenvalue weighted by Gasteiger charge is 2.12. The molecule has 0 bridgehead atoms. The minimum atomic E-state index is 0.108. The van der Waals surface area contributed by atoms with Crippen molar-refractivity contribution < 1.29 is 4.74 Å².